The van der Waals surface area contributed by atoms with E-state index < -0.39 is 0 Å². The van der Waals surface area contributed by atoms with Crippen LogP contribution in [-0.4, -0.2) is 42.0 Å². The molecule has 3 heterocycles. The number of thiophene rings is 1. The smallest absolute Gasteiger partial charge is 0.249 e. The maximum Gasteiger partial charge on any atom is 0.249 e. The molecular weight excluding hydrogens is 376 g/mol. The molecule has 0 saturated heterocycles. The van der Waals surface area contributed by atoms with Gasteiger partial charge in [0.25, 0.3) is 0 Å². The number of carbonyl (C=O) groups is 2. The molecule has 2 aromatic heterocycles. The molecule has 0 unspecified atom stereocenters. The van der Waals surface area contributed by atoms with E-state index in [-0.39, 0.29) is 11.8 Å². The molecule has 7 nitrogen and oxygen atoms in total. The zero-order valence-electron chi connectivity index (χ0n) is 15.5. The van der Waals surface area contributed by atoms with Crippen molar-refractivity contribution in [1.82, 2.24) is 9.88 Å². The molecular formula is C20H20N4O3S. The van der Waals surface area contributed by atoms with Crippen LogP contribution in [0.2, 0.25) is 0 Å². The average molecular weight is 396 g/mol. The fourth-order valence-electron chi connectivity index (χ4n) is 2.97. The largest absolute Gasteiger partial charge is 0.384 e. The Morgan fingerprint density at radius 3 is 3.07 bits per heavy atom. The monoisotopic (exact) mass is 396 g/mol. The van der Waals surface area contributed by atoms with Crippen LogP contribution in [0.25, 0.3) is 6.08 Å². The van der Waals surface area contributed by atoms with Gasteiger partial charge in [-0.2, -0.15) is 5.26 Å². The molecule has 8 heteroatoms. The molecule has 144 valence electrons. The summed E-state index contributed by atoms with van der Waals surface area (Å²) in [6.07, 6.45) is 7.34. The number of amides is 2. The molecule has 28 heavy (non-hydrogen) atoms. The van der Waals surface area contributed by atoms with Gasteiger partial charge in [0.05, 0.1) is 25.1 Å². The van der Waals surface area contributed by atoms with Crippen molar-refractivity contribution >= 4 is 34.2 Å². The summed E-state index contributed by atoms with van der Waals surface area (Å²) in [7, 11) is 1.57. The van der Waals surface area contributed by atoms with Gasteiger partial charge in [-0.1, -0.05) is 6.07 Å². The second kappa shape index (κ2) is 9.26. The summed E-state index contributed by atoms with van der Waals surface area (Å²) < 4.78 is 4.97. The van der Waals surface area contributed by atoms with Crippen molar-refractivity contribution in [3.8, 4) is 6.07 Å². The van der Waals surface area contributed by atoms with Crippen LogP contribution in [0.5, 0.6) is 0 Å². The molecule has 2 amide bonds. The molecule has 0 aliphatic carbocycles. The maximum atomic E-state index is 12.3. The number of pyridine rings is 1. The predicted octanol–water partition coefficient (Wildman–Crippen LogP) is 2.59. The van der Waals surface area contributed by atoms with Gasteiger partial charge in [-0.3, -0.25) is 14.6 Å². The van der Waals surface area contributed by atoms with Crippen LogP contribution in [-0.2, 0) is 27.3 Å². The highest BCUT2D eigenvalue weighted by Gasteiger charge is 2.27. The first kappa shape index (κ1) is 19.7. The van der Waals surface area contributed by atoms with E-state index in [1.54, 1.807) is 36.5 Å². The summed E-state index contributed by atoms with van der Waals surface area (Å²) in [6, 6.07) is 5.83. The van der Waals surface area contributed by atoms with Crippen LogP contribution in [0.3, 0.4) is 0 Å². The summed E-state index contributed by atoms with van der Waals surface area (Å²) in [5.41, 5.74) is 2.23. The lowest BCUT2D eigenvalue weighted by atomic mass is 10.0. The molecule has 1 N–H and O–H groups in total. The Balaban J connectivity index is 1.71. The Labute approximate surface area is 167 Å². The summed E-state index contributed by atoms with van der Waals surface area (Å²) in [6.45, 7) is 1.41. The van der Waals surface area contributed by atoms with E-state index in [0.29, 0.717) is 43.1 Å². The lowest BCUT2D eigenvalue weighted by Crippen LogP contribution is -2.35. The van der Waals surface area contributed by atoms with E-state index in [9.17, 15) is 14.9 Å². The number of fused-ring (bicyclic) bond motifs is 1. The van der Waals surface area contributed by atoms with Crippen LogP contribution in [0.1, 0.15) is 28.0 Å². The van der Waals surface area contributed by atoms with Crippen molar-refractivity contribution in [3.63, 3.8) is 0 Å². The number of ether oxygens (including phenoxy) is 1. The number of aromatic nitrogens is 1. The van der Waals surface area contributed by atoms with Gasteiger partial charge in [0.15, 0.2) is 0 Å². The second-order valence-electron chi connectivity index (χ2n) is 6.24. The molecule has 1 aliphatic rings. The van der Waals surface area contributed by atoms with Crippen molar-refractivity contribution in [2.24, 2.45) is 0 Å². The van der Waals surface area contributed by atoms with Crippen molar-refractivity contribution < 1.29 is 14.3 Å². The molecule has 0 bridgehead atoms. The summed E-state index contributed by atoms with van der Waals surface area (Å²) in [4.78, 5) is 31.2. The molecule has 0 spiro atoms. The minimum Gasteiger partial charge on any atom is -0.384 e. The zero-order chi connectivity index (χ0) is 19.9. The number of carbonyl (C=O) groups excluding carboxylic acids is 2. The summed E-state index contributed by atoms with van der Waals surface area (Å²) in [5.74, 6) is -0.281. The Hall–Kier alpha value is -3.02. The molecule has 0 saturated carbocycles. The predicted molar refractivity (Wildman–Crippen MR) is 107 cm³/mol. The fraction of sp³-hybridized carbons (Fsp3) is 0.300. The second-order valence-corrected chi connectivity index (χ2v) is 7.34. The first-order valence-corrected chi connectivity index (χ1v) is 9.64. The summed E-state index contributed by atoms with van der Waals surface area (Å²) >= 11 is 1.36. The van der Waals surface area contributed by atoms with Gasteiger partial charge < -0.3 is 15.0 Å². The van der Waals surface area contributed by atoms with Gasteiger partial charge in [-0.15, -0.1) is 11.3 Å². The van der Waals surface area contributed by atoms with Gasteiger partial charge in [0, 0.05) is 37.0 Å². The van der Waals surface area contributed by atoms with Gasteiger partial charge in [-0.25, -0.2) is 0 Å². The minimum absolute atomic E-state index is 0.0318. The third-order valence-corrected chi connectivity index (χ3v) is 5.52. The number of hydrogen-bond acceptors (Lipinski definition) is 6. The molecule has 0 atom stereocenters. The standard InChI is InChI=1S/C20H20N4O3S/c1-27-10-7-19(26)24-9-6-15-16(11-21)20(28-17(15)13-24)23-18(25)5-4-14-3-2-8-22-12-14/h2-5,8,12H,6-7,9-10,13H2,1H3,(H,23,25). The van der Waals surface area contributed by atoms with Gasteiger partial charge in [-0.05, 0) is 29.7 Å². The van der Waals surface area contributed by atoms with Crippen molar-refractivity contribution in [2.75, 3.05) is 25.6 Å². The Bertz CT molecular complexity index is 931. The molecule has 0 radical (unpaired) electrons. The quantitative estimate of drug-likeness (QED) is 0.757. The van der Waals surface area contributed by atoms with E-state index >= 15 is 0 Å². The first-order chi connectivity index (χ1) is 13.6. The minimum atomic E-state index is -0.313. The maximum absolute atomic E-state index is 12.3. The first-order valence-electron chi connectivity index (χ1n) is 8.82. The Kier molecular flexibility index (Phi) is 6.53. The van der Waals surface area contributed by atoms with Gasteiger partial charge in [0.1, 0.15) is 11.1 Å². The van der Waals surface area contributed by atoms with Crippen LogP contribution >= 0.6 is 11.3 Å². The number of methoxy groups -OCH3 is 1. The zero-order valence-corrected chi connectivity index (χ0v) is 16.3. The highest BCUT2D eigenvalue weighted by molar-refractivity contribution is 7.16. The van der Waals surface area contributed by atoms with E-state index in [1.165, 1.54) is 17.4 Å². The van der Waals surface area contributed by atoms with Crippen LogP contribution in [0.4, 0.5) is 5.00 Å². The van der Waals surface area contributed by atoms with Crippen molar-refractivity contribution in [1.29, 1.82) is 5.26 Å². The van der Waals surface area contributed by atoms with Crippen molar-refractivity contribution in [3.05, 3.63) is 52.2 Å². The van der Waals surface area contributed by atoms with Crippen molar-refractivity contribution in [2.45, 2.75) is 19.4 Å². The Morgan fingerprint density at radius 2 is 2.36 bits per heavy atom. The van der Waals surface area contributed by atoms with Gasteiger partial charge in [0.2, 0.25) is 11.8 Å². The third kappa shape index (κ3) is 4.63. The van der Waals surface area contributed by atoms with E-state index in [1.807, 2.05) is 6.07 Å². The van der Waals surface area contributed by atoms with Crippen LogP contribution < -0.4 is 5.32 Å². The number of hydrogen-bond donors (Lipinski definition) is 1. The lowest BCUT2D eigenvalue weighted by molar-refractivity contribution is -0.133. The lowest BCUT2D eigenvalue weighted by Gasteiger charge is -2.27. The van der Waals surface area contributed by atoms with Crippen LogP contribution in [0.15, 0.2) is 30.6 Å². The normalized spacial score (nSPS) is 13.2. The third-order valence-electron chi connectivity index (χ3n) is 4.39. The molecule has 0 fully saturated rings. The molecule has 1 aliphatic heterocycles. The molecule has 3 rings (SSSR count). The highest BCUT2D eigenvalue weighted by Crippen LogP contribution is 2.36. The SMILES string of the molecule is COCCC(=O)N1CCc2c(sc(NC(=O)C=Cc3cccnc3)c2C#N)C1. The molecule has 0 aromatic carbocycles. The number of nitrogens with zero attached hydrogens (tertiary/aromatic N) is 3. The van der Waals surface area contributed by atoms with E-state index in [4.69, 9.17) is 4.74 Å². The highest BCUT2D eigenvalue weighted by atomic mass is 32.1. The summed E-state index contributed by atoms with van der Waals surface area (Å²) in [5, 5.41) is 12.9. The van der Waals surface area contributed by atoms with E-state index in [0.717, 1.165) is 16.0 Å². The fourth-order valence-corrected chi connectivity index (χ4v) is 4.19. The van der Waals surface area contributed by atoms with Gasteiger partial charge >= 0.3 is 0 Å². The number of nitrogens with one attached hydrogen (secondary N) is 1. The number of rotatable bonds is 6. The number of anilines is 1. The van der Waals surface area contributed by atoms with Crippen LogP contribution in [0, 0.1) is 11.3 Å². The average Bonchev–Trinajstić information content (AvgIpc) is 3.07. The number of nitriles is 1. The topological polar surface area (TPSA) is 95.3 Å². The Morgan fingerprint density at radius 1 is 1.50 bits per heavy atom. The molecule has 2 aromatic rings. The van der Waals surface area contributed by atoms with E-state index in [2.05, 4.69) is 16.4 Å².